The van der Waals surface area contributed by atoms with Crippen molar-refractivity contribution in [3.8, 4) is 11.4 Å². The molecule has 0 aliphatic carbocycles. The molecule has 1 fully saturated rings. The summed E-state index contributed by atoms with van der Waals surface area (Å²) >= 11 is 0. The van der Waals surface area contributed by atoms with Crippen LogP contribution in [0, 0.1) is 13.8 Å². The molecule has 7 nitrogen and oxygen atoms in total. The monoisotopic (exact) mass is 474 g/mol. The minimum absolute atomic E-state index is 0.0661. The summed E-state index contributed by atoms with van der Waals surface area (Å²) in [5.74, 6) is 1.17. The third kappa shape index (κ3) is 4.63. The molecule has 0 N–H and O–H groups in total. The normalized spacial score (nSPS) is 14.4. The topological polar surface area (TPSA) is 63.2 Å². The van der Waals surface area contributed by atoms with Crippen molar-refractivity contribution in [3.05, 3.63) is 77.5 Å². The van der Waals surface area contributed by atoms with Crippen molar-refractivity contribution in [1.82, 2.24) is 14.4 Å². The number of amides is 1. The molecular formula is C28H34N4O3. The first kappa shape index (κ1) is 24.4. The summed E-state index contributed by atoms with van der Waals surface area (Å²) in [6, 6.07) is 11.6. The lowest BCUT2D eigenvalue weighted by atomic mass is 10.0. The molecule has 35 heavy (non-hydrogen) atoms. The number of carbonyl (C=O) groups is 1. The molecular weight excluding hydrogens is 440 g/mol. The van der Waals surface area contributed by atoms with Gasteiger partial charge in [-0.1, -0.05) is 6.58 Å². The second-order valence-corrected chi connectivity index (χ2v) is 8.70. The second-order valence-electron chi connectivity index (χ2n) is 8.70. The van der Waals surface area contributed by atoms with Crippen LogP contribution in [0.2, 0.25) is 0 Å². The number of hydrogen-bond acceptors (Lipinski definition) is 5. The molecule has 3 heterocycles. The maximum absolute atomic E-state index is 12.7. The Bertz CT molecular complexity index is 1230. The van der Waals surface area contributed by atoms with E-state index in [9.17, 15) is 4.79 Å². The molecule has 4 rings (SSSR count). The Labute approximate surface area is 207 Å². The molecule has 0 unspecified atom stereocenters. The zero-order valence-corrected chi connectivity index (χ0v) is 21.3. The van der Waals surface area contributed by atoms with Crippen LogP contribution in [0.1, 0.15) is 46.9 Å². The van der Waals surface area contributed by atoms with E-state index in [1.165, 1.54) is 6.26 Å². The van der Waals surface area contributed by atoms with Crippen LogP contribution < -0.4 is 4.74 Å². The van der Waals surface area contributed by atoms with Crippen LogP contribution in [-0.2, 0) is 0 Å². The van der Waals surface area contributed by atoms with Gasteiger partial charge in [0, 0.05) is 72.8 Å². The highest BCUT2D eigenvalue weighted by molar-refractivity contribution is 6.04. The summed E-state index contributed by atoms with van der Waals surface area (Å²) in [7, 11) is 1.82. The average Bonchev–Trinajstić information content (AvgIpc) is 3.50. The number of hydrogen-bond donors (Lipinski definition) is 0. The number of nitrogens with zero attached hydrogens (tertiary/aromatic N) is 4. The number of ether oxygens (including phenoxy) is 1. The zero-order chi connectivity index (χ0) is 25.1. The Kier molecular flexibility index (Phi) is 7.15. The fraction of sp³-hybridized carbons (Fsp3) is 0.357. The summed E-state index contributed by atoms with van der Waals surface area (Å²) in [4.78, 5) is 21.3. The Morgan fingerprint density at radius 2 is 1.66 bits per heavy atom. The van der Waals surface area contributed by atoms with Gasteiger partial charge in [-0.2, -0.15) is 0 Å². The number of carbonyl (C=O) groups excluding carboxylic acids is 1. The van der Waals surface area contributed by atoms with E-state index in [1.807, 2.05) is 37.9 Å². The van der Waals surface area contributed by atoms with Crippen molar-refractivity contribution in [2.45, 2.75) is 27.7 Å². The predicted octanol–water partition coefficient (Wildman–Crippen LogP) is 4.95. The molecule has 3 aromatic rings. The molecule has 2 aromatic heterocycles. The zero-order valence-electron chi connectivity index (χ0n) is 21.3. The van der Waals surface area contributed by atoms with Crippen molar-refractivity contribution < 1.29 is 13.9 Å². The summed E-state index contributed by atoms with van der Waals surface area (Å²) < 4.78 is 13.2. The van der Waals surface area contributed by atoms with E-state index in [-0.39, 0.29) is 5.91 Å². The molecule has 7 heteroatoms. The molecule has 0 radical (unpaired) electrons. The molecule has 1 saturated heterocycles. The van der Waals surface area contributed by atoms with Crippen LogP contribution in [0.5, 0.6) is 5.75 Å². The summed E-state index contributed by atoms with van der Waals surface area (Å²) in [5.41, 5.74) is 7.45. The van der Waals surface area contributed by atoms with Crippen molar-refractivity contribution in [2.75, 3.05) is 39.8 Å². The van der Waals surface area contributed by atoms with E-state index >= 15 is 0 Å². The molecule has 0 saturated carbocycles. The third-order valence-electron chi connectivity index (χ3n) is 6.72. The maximum Gasteiger partial charge on any atom is 0.289 e. The summed E-state index contributed by atoms with van der Waals surface area (Å²) in [5, 5.41) is 0. The van der Waals surface area contributed by atoms with Crippen LogP contribution in [0.3, 0.4) is 0 Å². The number of aliphatic imine (C=N–C) groups is 1. The number of piperazine rings is 1. The van der Waals surface area contributed by atoms with Crippen LogP contribution >= 0.6 is 0 Å². The van der Waals surface area contributed by atoms with Gasteiger partial charge in [-0.05, 0) is 64.1 Å². The molecule has 184 valence electrons. The number of rotatable bonds is 7. The van der Waals surface area contributed by atoms with Gasteiger partial charge in [-0.25, -0.2) is 0 Å². The van der Waals surface area contributed by atoms with Gasteiger partial charge in [0.25, 0.3) is 5.91 Å². The lowest BCUT2D eigenvalue weighted by molar-refractivity contribution is 0.0654. The highest BCUT2D eigenvalue weighted by atomic mass is 16.5. The van der Waals surface area contributed by atoms with Crippen LogP contribution in [0.25, 0.3) is 11.4 Å². The van der Waals surface area contributed by atoms with Gasteiger partial charge in [-0.3, -0.25) is 9.79 Å². The highest BCUT2D eigenvalue weighted by Gasteiger charge is 2.28. The Morgan fingerprint density at radius 3 is 2.23 bits per heavy atom. The van der Waals surface area contributed by atoms with Crippen LogP contribution in [0.4, 0.5) is 0 Å². The molecule has 0 bridgehead atoms. The first-order valence-electron chi connectivity index (χ1n) is 12.0. The minimum Gasteiger partial charge on any atom is -0.494 e. The van der Waals surface area contributed by atoms with Gasteiger partial charge in [0.2, 0.25) is 0 Å². The quantitative estimate of drug-likeness (QED) is 0.455. The molecule has 1 aromatic carbocycles. The van der Waals surface area contributed by atoms with Crippen molar-refractivity contribution in [2.24, 2.45) is 4.99 Å². The van der Waals surface area contributed by atoms with E-state index in [4.69, 9.17) is 9.15 Å². The fourth-order valence-electron chi connectivity index (χ4n) is 4.88. The van der Waals surface area contributed by atoms with Crippen LogP contribution in [0.15, 0.2) is 58.6 Å². The molecule has 1 amide bonds. The first-order valence-corrected chi connectivity index (χ1v) is 12.0. The van der Waals surface area contributed by atoms with Crippen molar-refractivity contribution >= 4 is 17.3 Å². The summed E-state index contributed by atoms with van der Waals surface area (Å²) in [6.45, 7) is 16.1. The minimum atomic E-state index is -0.0661. The second kappa shape index (κ2) is 10.3. The van der Waals surface area contributed by atoms with Crippen molar-refractivity contribution in [1.29, 1.82) is 0 Å². The largest absolute Gasteiger partial charge is 0.494 e. The lowest BCUT2D eigenvalue weighted by Crippen LogP contribution is -2.47. The molecule has 1 aliphatic rings. The molecule has 0 atom stereocenters. The standard InChI is InChI=1S/C28H34N4O3/c1-7-34-24-12-10-23(11-13-24)32-21(4)26(19(2)29-6)27(22(32)5)20(3)30-14-16-31(17-15-30)28(33)25-9-8-18-35-25/h8-13,18H,3,7,14-17H2,1-2,4-6H3. The number of aromatic nitrogens is 1. The number of benzene rings is 1. The van der Waals surface area contributed by atoms with Gasteiger partial charge in [0.05, 0.1) is 12.9 Å². The molecule has 1 aliphatic heterocycles. The molecule has 0 spiro atoms. The van der Waals surface area contributed by atoms with E-state index in [2.05, 4.69) is 47.0 Å². The Hall–Kier alpha value is -3.74. The van der Waals surface area contributed by atoms with E-state index < -0.39 is 0 Å². The smallest absolute Gasteiger partial charge is 0.289 e. The number of furan rings is 1. The predicted molar refractivity (Wildman–Crippen MR) is 140 cm³/mol. The highest BCUT2D eigenvalue weighted by Crippen LogP contribution is 2.34. The average molecular weight is 475 g/mol. The van der Waals surface area contributed by atoms with E-state index in [0.717, 1.165) is 45.4 Å². The maximum atomic E-state index is 12.7. The van der Waals surface area contributed by atoms with Gasteiger partial charge in [-0.15, -0.1) is 0 Å². The van der Waals surface area contributed by atoms with Crippen LogP contribution in [-0.4, -0.2) is 65.8 Å². The Balaban J connectivity index is 1.63. The third-order valence-corrected chi connectivity index (χ3v) is 6.72. The van der Waals surface area contributed by atoms with E-state index in [0.29, 0.717) is 38.5 Å². The SMILES string of the molecule is C=C(c1c(C(C)=NC)c(C)n(-c2ccc(OCC)cc2)c1C)N1CCN(C(=O)c2ccco2)CC1. The first-order chi connectivity index (χ1) is 16.9. The van der Waals surface area contributed by atoms with Gasteiger partial charge < -0.3 is 23.5 Å². The van der Waals surface area contributed by atoms with Gasteiger partial charge in [0.15, 0.2) is 5.76 Å². The van der Waals surface area contributed by atoms with Gasteiger partial charge in [0.1, 0.15) is 5.75 Å². The van der Waals surface area contributed by atoms with Gasteiger partial charge >= 0.3 is 0 Å². The lowest BCUT2D eigenvalue weighted by Gasteiger charge is -2.37. The fourth-order valence-corrected chi connectivity index (χ4v) is 4.88. The van der Waals surface area contributed by atoms with Crippen molar-refractivity contribution in [3.63, 3.8) is 0 Å². The summed E-state index contributed by atoms with van der Waals surface area (Å²) in [6.07, 6.45) is 1.53. The van der Waals surface area contributed by atoms with E-state index in [1.54, 1.807) is 12.1 Å². The Morgan fingerprint density at radius 1 is 1.03 bits per heavy atom.